The maximum absolute atomic E-state index is 12.0. The van der Waals surface area contributed by atoms with Crippen LogP contribution in [0.5, 0.6) is 11.5 Å². The minimum Gasteiger partial charge on any atom is -0.491 e. The van der Waals surface area contributed by atoms with Crippen LogP contribution in [0.1, 0.15) is 12.5 Å². The molecule has 106 valence electrons. The summed E-state index contributed by atoms with van der Waals surface area (Å²) >= 11 is 0. The number of fused-ring (bicyclic) bond motifs is 1. The van der Waals surface area contributed by atoms with E-state index in [-0.39, 0.29) is 18.5 Å². The van der Waals surface area contributed by atoms with Crippen LogP contribution in [0.4, 0.5) is 0 Å². The van der Waals surface area contributed by atoms with Crippen molar-refractivity contribution in [2.75, 3.05) is 20.0 Å². The molecule has 6 nitrogen and oxygen atoms in total. The predicted molar refractivity (Wildman–Crippen MR) is 69.0 cm³/mol. The molecule has 20 heavy (non-hydrogen) atoms. The van der Waals surface area contributed by atoms with Crippen molar-refractivity contribution in [3.8, 4) is 11.5 Å². The van der Waals surface area contributed by atoms with Crippen LogP contribution in [0, 0.1) is 0 Å². The van der Waals surface area contributed by atoms with Gasteiger partial charge in [-0.1, -0.05) is 6.07 Å². The summed E-state index contributed by atoms with van der Waals surface area (Å²) < 4.78 is 21.1. The molecule has 1 aromatic rings. The van der Waals surface area contributed by atoms with Crippen molar-refractivity contribution in [2.24, 2.45) is 0 Å². The van der Waals surface area contributed by atoms with Gasteiger partial charge in [-0.15, -0.1) is 0 Å². The Morgan fingerprint density at radius 3 is 2.80 bits per heavy atom. The van der Waals surface area contributed by atoms with Gasteiger partial charge in [-0.3, -0.25) is 4.79 Å². The number of carbonyl (C=O) groups is 1. The molecule has 1 amide bonds. The Bertz CT molecular complexity index is 567. The first kappa shape index (κ1) is 12.7. The topological polar surface area (TPSA) is 66.0 Å². The lowest BCUT2D eigenvalue weighted by Crippen LogP contribution is -2.29. The fourth-order valence-corrected chi connectivity index (χ4v) is 2.04. The Hall–Kier alpha value is -2.37. The highest BCUT2D eigenvalue weighted by atomic mass is 16.7. The highest BCUT2D eigenvalue weighted by molar-refractivity contribution is 5.91. The van der Waals surface area contributed by atoms with Crippen LogP contribution in [0.3, 0.4) is 0 Å². The summed E-state index contributed by atoms with van der Waals surface area (Å²) in [6, 6.07) is 5.56. The minimum absolute atomic E-state index is 0.238. The Labute approximate surface area is 116 Å². The van der Waals surface area contributed by atoms with Gasteiger partial charge < -0.3 is 24.3 Å². The lowest BCUT2D eigenvalue weighted by molar-refractivity contribution is -0.122. The van der Waals surface area contributed by atoms with Crippen molar-refractivity contribution in [3.05, 3.63) is 35.3 Å². The molecule has 0 atom stereocenters. The van der Waals surface area contributed by atoms with Crippen LogP contribution in [0.25, 0.3) is 0 Å². The van der Waals surface area contributed by atoms with Crippen LogP contribution >= 0.6 is 0 Å². The van der Waals surface area contributed by atoms with Gasteiger partial charge >= 0.3 is 0 Å². The van der Waals surface area contributed by atoms with E-state index in [0.717, 1.165) is 11.3 Å². The Kier molecular flexibility index (Phi) is 3.37. The van der Waals surface area contributed by atoms with Crippen LogP contribution in [0.15, 0.2) is 29.7 Å². The maximum Gasteiger partial charge on any atom is 0.290 e. The van der Waals surface area contributed by atoms with Crippen molar-refractivity contribution < 1.29 is 23.7 Å². The predicted octanol–water partition coefficient (Wildman–Crippen LogP) is 1.31. The van der Waals surface area contributed by atoms with Gasteiger partial charge in [0.25, 0.3) is 5.91 Å². The molecule has 0 fully saturated rings. The van der Waals surface area contributed by atoms with Crippen molar-refractivity contribution in [2.45, 2.75) is 13.5 Å². The quantitative estimate of drug-likeness (QED) is 0.902. The number of hydrogen-bond acceptors (Lipinski definition) is 5. The van der Waals surface area contributed by atoms with E-state index in [2.05, 4.69) is 5.32 Å². The van der Waals surface area contributed by atoms with Gasteiger partial charge in [0.2, 0.25) is 12.6 Å². The first-order valence-electron chi connectivity index (χ1n) is 6.37. The fourth-order valence-electron chi connectivity index (χ4n) is 2.04. The molecule has 0 aromatic heterocycles. The molecule has 0 unspecified atom stereocenters. The maximum atomic E-state index is 12.0. The Balaban J connectivity index is 1.63. The molecule has 0 bridgehead atoms. The minimum atomic E-state index is -0.278. The monoisotopic (exact) mass is 277 g/mol. The number of carbonyl (C=O) groups excluding carboxylic acids is 1. The summed E-state index contributed by atoms with van der Waals surface area (Å²) in [5.74, 6) is 1.91. The summed E-state index contributed by atoms with van der Waals surface area (Å²) in [5.41, 5.74) is 0.928. The summed E-state index contributed by atoms with van der Waals surface area (Å²) in [6.45, 7) is 3.21. The average Bonchev–Trinajstić information content (AvgIpc) is 2.92. The largest absolute Gasteiger partial charge is 0.491 e. The zero-order valence-corrected chi connectivity index (χ0v) is 11.1. The molecule has 0 saturated heterocycles. The van der Waals surface area contributed by atoms with Crippen LogP contribution in [-0.4, -0.2) is 25.9 Å². The third kappa shape index (κ3) is 2.49. The SMILES string of the molecule is CC1=C(C(=O)NCc2ccc3c(c2)OCO3)OCCO1. The zero-order valence-electron chi connectivity index (χ0n) is 11.1. The molecule has 2 aliphatic heterocycles. The molecule has 0 aliphatic carbocycles. The summed E-state index contributed by atoms with van der Waals surface area (Å²) in [7, 11) is 0. The van der Waals surface area contributed by atoms with E-state index in [4.69, 9.17) is 18.9 Å². The van der Waals surface area contributed by atoms with Gasteiger partial charge in [-0.25, -0.2) is 0 Å². The van der Waals surface area contributed by atoms with Gasteiger partial charge in [-0.05, 0) is 24.6 Å². The van der Waals surface area contributed by atoms with E-state index in [1.54, 1.807) is 6.92 Å². The van der Waals surface area contributed by atoms with Gasteiger partial charge in [0.05, 0.1) is 0 Å². The van der Waals surface area contributed by atoms with Crippen LogP contribution in [0.2, 0.25) is 0 Å². The molecular weight excluding hydrogens is 262 g/mol. The highest BCUT2D eigenvalue weighted by Crippen LogP contribution is 2.32. The molecule has 3 rings (SSSR count). The van der Waals surface area contributed by atoms with E-state index in [9.17, 15) is 4.79 Å². The number of rotatable bonds is 3. The summed E-state index contributed by atoms with van der Waals surface area (Å²) in [5, 5.41) is 2.79. The second-order valence-corrected chi connectivity index (χ2v) is 4.45. The Morgan fingerprint density at radius 1 is 1.15 bits per heavy atom. The third-order valence-electron chi connectivity index (χ3n) is 3.06. The van der Waals surface area contributed by atoms with Crippen LogP contribution in [-0.2, 0) is 20.8 Å². The van der Waals surface area contributed by atoms with E-state index in [1.165, 1.54) is 0 Å². The number of ether oxygens (including phenoxy) is 4. The van der Waals surface area contributed by atoms with E-state index < -0.39 is 0 Å². The molecule has 6 heteroatoms. The van der Waals surface area contributed by atoms with Crippen molar-refractivity contribution in [1.82, 2.24) is 5.32 Å². The van der Waals surface area contributed by atoms with Gasteiger partial charge in [-0.2, -0.15) is 0 Å². The summed E-state index contributed by atoms with van der Waals surface area (Å²) in [6.07, 6.45) is 0. The molecule has 0 spiro atoms. The van der Waals surface area contributed by atoms with E-state index in [0.29, 0.717) is 31.3 Å². The van der Waals surface area contributed by atoms with Gasteiger partial charge in [0.1, 0.15) is 19.0 Å². The van der Waals surface area contributed by atoms with Crippen molar-refractivity contribution >= 4 is 5.91 Å². The molecular formula is C14H15NO5. The second kappa shape index (κ2) is 5.32. The highest BCUT2D eigenvalue weighted by Gasteiger charge is 2.20. The zero-order chi connectivity index (χ0) is 13.9. The smallest absolute Gasteiger partial charge is 0.290 e. The van der Waals surface area contributed by atoms with Gasteiger partial charge in [0.15, 0.2) is 11.5 Å². The number of amides is 1. The normalized spacial score (nSPS) is 16.4. The number of nitrogens with one attached hydrogen (secondary N) is 1. The molecule has 1 N–H and O–H groups in total. The van der Waals surface area contributed by atoms with E-state index >= 15 is 0 Å². The number of hydrogen-bond donors (Lipinski definition) is 1. The molecule has 2 aliphatic rings. The first-order valence-corrected chi connectivity index (χ1v) is 6.37. The third-order valence-corrected chi connectivity index (χ3v) is 3.06. The lowest BCUT2D eigenvalue weighted by atomic mass is 10.2. The average molecular weight is 277 g/mol. The van der Waals surface area contributed by atoms with E-state index in [1.807, 2.05) is 18.2 Å². The van der Waals surface area contributed by atoms with Crippen molar-refractivity contribution in [3.63, 3.8) is 0 Å². The first-order chi connectivity index (χ1) is 9.74. The second-order valence-electron chi connectivity index (χ2n) is 4.45. The number of allylic oxidation sites excluding steroid dienone is 1. The molecule has 1 aromatic carbocycles. The molecule has 0 saturated carbocycles. The van der Waals surface area contributed by atoms with Gasteiger partial charge in [0, 0.05) is 6.54 Å². The molecule has 0 radical (unpaired) electrons. The van der Waals surface area contributed by atoms with Crippen molar-refractivity contribution in [1.29, 1.82) is 0 Å². The Morgan fingerprint density at radius 2 is 1.95 bits per heavy atom. The summed E-state index contributed by atoms with van der Waals surface area (Å²) in [4.78, 5) is 12.0. The molecule has 2 heterocycles. The van der Waals surface area contributed by atoms with Crippen LogP contribution < -0.4 is 14.8 Å². The lowest BCUT2D eigenvalue weighted by Gasteiger charge is -2.19. The number of benzene rings is 1. The standard InChI is InChI=1S/C14H15NO5/c1-9-13(18-5-4-17-9)14(16)15-7-10-2-3-11-12(6-10)20-8-19-11/h2-3,6H,4-5,7-8H2,1H3,(H,15,16). The fraction of sp³-hybridized carbons (Fsp3) is 0.357.